The van der Waals surface area contributed by atoms with E-state index in [1.54, 1.807) is 11.8 Å². The smallest absolute Gasteiger partial charge is 0.376 e. The van der Waals surface area contributed by atoms with Gasteiger partial charge in [-0.05, 0) is 34.9 Å². The van der Waals surface area contributed by atoms with Crippen LogP contribution < -0.4 is 4.90 Å². The number of rotatable bonds is 5. The summed E-state index contributed by atoms with van der Waals surface area (Å²) in [6.45, 7) is 13.6. The van der Waals surface area contributed by atoms with Gasteiger partial charge in [0.2, 0.25) is 6.54 Å². The number of thioether (sulfide) groups is 1. The molecule has 2 fully saturated rings. The van der Waals surface area contributed by atoms with Crippen LogP contribution in [0.5, 0.6) is 0 Å². The van der Waals surface area contributed by atoms with E-state index in [4.69, 9.17) is 32.9 Å². The van der Waals surface area contributed by atoms with Gasteiger partial charge >= 0.3 is 7.05 Å². The quantitative estimate of drug-likeness (QED) is 0.275. The van der Waals surface area contributed by atoms with Crippen LogP contribution in [0.2, 0.25) is 11.8 Å². The highest BCUT2D eigenvalue weighted by Crippen LogP contribution is 2.49. The van der Waals surface area contributed by atoms with Crippen LogP contribution >= 0.6 is 39.3 Å². The Hall–Kier alpha value is -1.09. The van der Waals surface area contributed by atoms with E-state index < -0.39 is 7.05 Å². The Balaban J connectivity index is 1.72. The van der Waals surface area contributed by atoms with E-state index in [9.17, 15) is 5.02 Å². The summed E-state index contributed by atoms with van der Waals surface area (Å²) in [7, 11) is -0.448. The second-order valence-electron chi connectivity index (χ2n) is 8.17. The summed E-state index contributed by atoms with van der Waals surface area (Å²) >= 11 is 12.1. The molecule has 7 nitrogen and oxygen atoms in total. The number of anilines is 1. The number of hydrogen-bond acceptors (Lipinski definition) is 7. The van der Waals surface area contributed by atoms with Gasteiger partial charge in [0.25, 0.3) is 0 Å². The molecule has 0 saturated carbocycles. The molecule has 1 aromatic carbocycles. The fourth-order valence-corrected chi connectivity index (χ4v) is 6.48. The number of piperazine rings is 1. The molecular formula is C20H22BBrClN5O2S. The van der Waals surface area contributed by atoms with Crippen molar-refractivity contribution < 1.29 is 9.76 Å². The van der Waals surface area contributed by atoms with Crippen molar-refractivity contribution in [2.75, 3.05) is 30.3 Å². The molecule has 2 bridgehead atoms. The van der Waals surface area contributed by atoms with Gasteiger partial charge in [0.1, 0.15) is 5.82 Å². The molecule has 4 heterocycles. The Labute approximate surface area is 199 Å². The maximum absolute atomic E-state index is 10.1. The number of fused-ring (bicyclic) bond motifs is 5. The first kappa shape index (κ1) is 21.7. The summed E-state index contributed by atoms with van der Waals surface area (Å²) < 4.78 is 6.79. The Morgan fingerprint density at radius 3 is 2.84 bits per heavy atom. The third-order valence-electron chi connectivity index (χ3n) is 6.45. The van der Waals surface area contributed by atoms with Crippen LogP contribution in [0.4, 0.5) is 5.82 Å². The lowest BCUT2D eigenvalue weighted by Crippen LogP contribution is -2.51. The minimum absolute atomic E-state index is 0.253. The zero-order chi connectivity index (χ0) is 21.9. The summed E-state index contributed by atoms with van der Waals surface area (Å²) in [6, 6.07) is 0.573. The molecular weight excluding hydrogens is 500 g/mol. The van der Waals surface area contributed by atoms with Gasteiger partial charge in [-0.15, -0.1) is 0 Å². The Kier molecular flexibility index (Phi) is 5.86. The zero-order valence-corrected chi connectivity index (χ0v) is 20.5. The Bertz CT molecular complexity index is 1100. The SMILES string of the molecule is [C-]#[N+]CC1OCc2c(Br)c(Cl)c3nc(SCC)nc(N4C[C@H]5C[C@@H]4CN5B(C)O)c3c21. The molecule has 1 unspecified atom stereocenters. The summed E-state index contributed by atoms with van der Waals surface area (Å²) in [5.41, 5.74) is 2.69. The van der Waals surface area contributed by atoms with Crippen molar-refractivity contribution in [1.82, 2.24) is 14.8 Å². The lowest BCUT2D eigenvalue weighted by molar-refractivity contribution is 0.0779. The zero-order valence-electron chi connectivity index (χ0n) is 17.3. The molecule has 3 atom stereocenters. The molecule has 3 aliphatic rings. The van der Waals surface area contributed by atoms with Gasteiger partial charge in [-0.2, -0.15) is 0 Å². The molecule has 2 saturated heterocycles. The monoisotopic (exact) mass is 521 g/mol. The van der Waals surface area contributed by atoms with Crippen LogP contribution in [0, 0.1) is 6.57 Å². The molecule has 1 aromatic heterocycles. The summed E-state index contributed by atoms with van der Waals surface area (Å²) in [4.78, 5) is 17.9. The van der Waals surface area contributed by atoms with Crippen molar-refractivity contribution in [3.63, 3.8) is 0 Å². The van der Waals surface area contributed by atoms with E-state index in [0.29, 0.717) is 28.3 Å². The maximum atomic E-state index is 10.1. The molecule has 3 aliphatic heterocycles. The molecule has 2 aromatic rings. The van der Waals surface area contributed by atoms with E-state index in [1.165, 1.54) is 0 Å². The molecule has 11 heteroatoms. The molecule has 1 N–H and O–H groups in total. The highest BCUT2D eigenvalue weighted by Gasteiger charge is 2.47. The third kappa shape index (κ3) is 3.45. The van der Waals surface area contributed by atoms with Crippen molar-refractivity contribution in [2.24, 2.45) is 0 Å². The molecule has 31 heavy (non-hydrogen) atoms. The largest absolute Gasteiger partial charge is 0.437 e. The maximum Gasteiger partial charge on any atom is 0.376 e. The summed E-state index contributed by atoms with van der Waals surface area (Å²) in [5, 5.41) is 12.3. The van der Waals surface area contributed by atoms with Gasteiger partial charge in [0, 0.05) is 40.8 Å². The molecule has 0 spiro atoms. The Morgan fingerprint density at radius 1 is 1.39 bits per heavy atom. The Morgan fingerprint density at radius 2 is 2.19 bits per heavy atom. The first-order valence-electron chi connectivity index (χ1n) is 10.4. The first-order chi connectivity index (χ1) is 14.9. The van der Waals surface area contributed by atoms with Gasteiger partial charge in [-0.25, -0.2) is 16.5 Å². The van der Waals surface area contributed by atoms with Crippen molar-refractivity contribution in [1.29, 1.82) is 0 Å². The van der Waals surface area contributed by atoms with Crippen molar-refractivity contribution in [3.8, 4) is 0 Å². The first-order valence-corrected chi connectivity index (χ1v) is 12.6. The van der Waals surface area contributed by atoms with Crippen molar-refractivity contribution in [3.05, 3.63) is 32.0 Å². The molecule has 0 radical (unpaired) electrons. The normalized spacial score (nSPS) is 24.8. The highest BCUT2D eigenvalue weighted by molar-refractivity contribution is 9.10. The number of ether oxygens (including phenoxy) is 1. The standard InChI is InChI=1S/C20H22BBrClN5O2S/c1-4-31-20-25-18-15(14-12(16(22)17(18)23)9-30-13(14)6-24-3)19(26-20)27-7-11-5-10(27)8-28(11)21(2)29/h10-11,13,29H,4-9H2,1-2H3/t10-,11-,13?/m1/s1. The minimum Gasteiger partial charge on any atom is -0.437 e. The predicted octanol–water partition coefficient (Wildman–Crippen LogP) is 4.02. The molecule has 5 rings (SSSR count). The predicted molar refractivity (Wildman–Crippen MR) is 128 cm³/mol. The van der Waals surface area contributed by atoms with Crippen LogP contribution in [0.3, 0.4) is 0 Å². The average molecular weight is 523 g/mol. The topological polar surface area (TPSA) is 66.1 Å². The number of halogens is 2. The van der Waals surface area contributed by atoms with E-state index >= 15 is 0 Å². The second kappa shape index (κ2) is 8.36. The fourth-order valence-electron chi connectivity index (χ4n) is 5.15. The summed E-state index contributed by atoms with van der Waals surface area (Å²) in [5.74, 6) is 1.74. The van der Waals surface area contributed by atoms with Crippen LogP contribution in [-0.2, 0) is 11.3 Å². The highest BCUT2D eigenvalue weighted by atomic mass is 79.9. The number of nitrogens with zero attached hydrogens (tertiary/aromatic N) is 5. The minimum atomic E-state index is -0.448. The van der Waals surface area contributed by atoms with Crippen LogP contribution in [0.1, 0.15) is 30.6 Å². The van der Waals surface area contributed by atoms with E-state index in [0.717, 1.165) is 52.1 Å². The molecule has 162 valence electrons. The van der Waals surface area contributed by atoms with E-state index in [-0.39, 0.29) is 18.7 Å². The van der Waals surface area contributed by atoms with Crippen LogP contribution in [0.15, 0.2) is 9.63 Å². The van der Waals surface area contributed by atoms with Crippen molar-refractivity contribution in [2.45, 2.75) is 50.1 Å². The van der Waals surface area contributed by atoms with Gasteiger partial charge in [0.15, 0.2) is 11.3 Å². The number of benzene rings is 1. The lowest BCUT2D eigenvalue weighted by Gasteiger charge is -2.36. The second-order valence-corrected chi connectivity index (χ2v) is 10.6. The van der Waals surface area contributed by atoms with E-state index in [2.05, 4.69) is 37.4 Å². The average Bonchev–Trinajstić information content (AvgIpc) is 3.46. The van der Waals surface area contributed by atoms with Gasteiger partial charge in [-0.1, -0.05) is 30.3 Å². The molecule has 0 amide bonds. The van der Waals surface area contributed by atoms with Crippen LogP contribution in [0.25, 0.3) is 15.7 Å². The number of aromatic nitrogens is 2. The summed E-state index contributed by atoms with van der Waals surface area (Å²) in [6.07, 6.45) is 0.686. The van der Waals surface area contributed by atoms with E-state index in [1.807, 2.05) is 6.82 Å². The number of hydrogen-bond donors (Lipinski definition) is 1. The van der Waals surface area contributed by atoms with Gasteiger partial charge in [-0.3, -0.25) is 0 Å². The van der Waals surface area contributed by atoms with Crippen LogP contribution in [-0.4, -0.2) is 64.3 Å². The fraction of sp³-hybridized carbons (Fsp3) is 0.550. The van der Waals surface area contributed by atoms with Gasteiger partial charge < -0.3 is 24.3 Å². The third-order valence-corrected chi connectivity index (χ3v) is 8.65. The molecule has 0 aliphatic carbocycles. The lowest BCUT2D eigenvalue weighted by atomic mass is 9.84. The van der Waals surface area contributed by atoms with Crippen molar-refractivity contribution >= 4 is 63.1 Å². The van der Waals surface area contributed by atoms with Gasteiger partial charge in [0.05, 0.1) is 22.5 Å².